The molecule has 0 spiro atoms. The van der Waals surface area contributed by atoms with Gasteiger partial charge < -0.3 is 14.8 Å². The molecule has 0 aliphatic rings. The van der Waals surface area contributed by atoms with Gasteiger partial charge in [-0.1, -0.05) is 6.07 Å². The lowest BCUT2D eigenvalue weighted by atomic mass is 10.1. The van der Waals surface area contributed by atoms with Crippen LogP contribution in [0.5, 0.6) is 5.75 Å². The zero-order valence-electron chi connectivity index (χ0n) is 11.4. The first-order valence-electron chi connectivity index (χ1n) is 5.93. The Morgan fingerprint density at radius 1 is 1.33 bits per heavy atom. The molecule has 1 aromatic rings. The molecular weight excluding hydrogens is 228 g/mol. The normalized spacial score (nSPS) is 10.8. The van der Waals surface area contributed by atoms with Crippen LogP contribution in [0.3, 0.4) is 0 Å². The van der Waals surface area contributed by atoms with E-state index in [2.05, 4.69) is 11.4 Å². The van der Waals surface area contributed by atoms with Crippen LogP contribution in [0.1, 0.15) is 26.3 Å². The van der Waals surface area contributed by atoms with Gasteiger partial charge in [0, 0.05) is 6.54 Å². The molecule has 0 bridgehead atoms. The molecule has 0 heterocycles. The van der Waals surface area contributed by atoms with Gasteiger partial charge in [-0.15, -0.1) is 0 Å². The van der Waals surface area contributed by atoms with Gasteiger partial charge in [0.1, 0.15) is 11.8 Å². The molecule has 0 radical (unpaired) electrons. The fourth-order valence-electron chi connectivity index (χ4n) is 1.51. The molecule has 0 aliphatic heterocycles. The molecule has 0 atom stereocenters. The topological polar surface area (TPSA) is 54.3 Å². The summed E-state index contributed by atoms with van der Waals surface area (Å²) in [5.74, 6) is 0.671. The van der Waals surface area contributed by atoms with Gasteiger partial charge in [-0.3, -0.25) is 0 Å². The highest BCUT2D eigenvalue weighted by Crippen LogP contribution is 2.27. The number of nitriles is 1. The van der Waals surface area contributed by atoms with Crippen molar-refractivity contribution in [1.29, 1.82) is 5.26 Å². The lowest BCUT2D eigenvalue weighted by molar-refractivity contribution is 0.00332. The molecule has 1 aromatic carbocycles. The van der Waals surface area contributed by atoms with Crippen molar-refractivity contribution in [2.75, 3.05) is 25.6 Å². The summed E-state index contributed by atoms with van der Waals surface area (Å²) in [6.07, 6.45) is 0. The second kappa shape index (κ2) is 6.27. The number of hydrogen-bond donors (Lipinski definition) is 1. The summed E-state index contributed by atoms with van der Waals surface area (Å²) in [6, 6.07) is 7.53. The Balaban J connectivity index is 2.64. The minimum Gasteiger partial charge on any atom is -0.495 e. The maximum Gasteiger partial charge on any atom is 0.143 e. The average Bonchev–Trinajstić information content (AvgIpc) is 2.33. The molecule has 98 valence electrons. The highest BCUT2D eigenvalue weighted by atomic mass is 16.5. The molecule has 0 unspecified atom stereocenters. The van der Waals surface area contributed by atoms with E-state index in [0.717, 1.165) is 5.69 Å². The van der Waals surface area contributed by atoms with E-state index in [1.54, 1.807) is 19.2 Å². The molecule has 18 heavy (non-hydrogen) atoms. The van der Waals surface area contributed by atoms with Gasteiger partial charge in [-0.25, -0.2) is 0 Å². The van der Waals surface area contributed by atoms with Crippen molar-refractivity contribution in [2.45, 2.75) is 26.4 Å². The number of para-hydroxylation sites is 1. The number of rotatable bonds is 5. The summed E-state index contributed by atoms with van der Waals surface area (Å²) >= 11 is 0. The summed E-state index contributed by atoms with van der Waals surface area (Å²) in [6.45, 7) is 7.24. The van der Waals surface area contributed by atoms with Gasteiger partial charge in [-0.05, 0) is 32.9 Å². The molecule has 1 rings (SSSR count). The molecule has 0 saturated heterocycles. The quantitative estimate of drug-likeness (QED) is 0.814. The van der Waals surface area contributed by atoms with E-state index in [1.807, 2.05) is 26.8 Å². The van der Waals surface area contributed by atoms with Crippen molar-refractivity contribution in [3.05, 3.63) is 23.8 Å². The Morgan fingerprint density at radius 3 is 2.61 bits per heavy atom. The van der Waals surface area contributed by atoms with E-state index >= 15 is 0 Å². The van der Waals surface area contributed by atoms with Gasteiger partial charge in [0.15, 0.2) is 0 Å². The Morgan fingerprint density at radius 2 is 2.06 bits per heavy atom. The third-order valence-corrected chi connectivity index (χ3v) is 2.31. The summed E-state index contributed by atoms with van der Waals surface area (Å²) < 4.78 is 10.8. The third kappa shape index (κ3) is 4.27. The molecule has 0 amide bonds. The zero-order chi connectivity index (χ0) is 13.6. The monoisotopic (exact) mass is 248 g/mol. The van der Waals surface area contributed by atoms with Crippen molar-refractivity contribution in [1.82, 2.24) is 0 Å². The molecule has 0 fully saturated rings. The number of hydrogen-bond acceptors (Lipinski definition) is 4. The number of nitrogens with zero attached hydrogens (tertiary/aromatic N) is 1. The molecule has 4 heteroatoms. The number of nitrogens with one attached hydrogen (secondary N) is 1. The number of ether oxygens (including phenoxy) is 2. The van der Waals surface area contributed by atoms with Crippen LogP contribution in [0, 0.1) is 11.3 Å². The fraction of sp³-hybridized carbons (Fsp3) is 0.500. The van der Waals surface area contributed by atoms with Crippen molar-refractivity contribution in [2.24, 2.45) is 0 Å². The summed E-state index contributed by atoms with van der Waals surface area (Å²) in [7, 11) is 1.59. The largest absolute Gasteiger partial charge is 0.495 e. The van der Waals surface area contributed by atoms with Gasteiger partial charge in [0.05, 0.1) is 30.6 Å². The molecule has 0 saturated carbocycles. The third-order valence-electron chi connectivity index (χ3n) is 2.31. The fourth-order valence-corrected chi connectivity index (χ4v) is 1.51. The molecule has 1 N–H and O–H groups in total. The van der Waals surface area contributed by atoms with E-state index < -0.39 is 0 Å². The van der Waals surface area contributed by atoms with E-state index in [9.17, 15) is 0 Å². The second-order valence-corrected chi connectivity index (χ2v) is 4.88. The second-order valence-electron chi connectivity index (χ2n) is 4.88. The summed E-state index contributed by atoms with van der Waals surface area (Å²) in [4.78, 5) is 0. The highest BCUT2D eigenvalue weighted by molar-refractivity contribution is 5.66. The van der Waals surface area contributed by atoms with Crippen LogP contribution >= 0.6 is 0 Å². The van der Waals surface area contributed by atoms with Crippen molar-refractivity contribution < 1.29 is 9.47 Å². The maximum absolute atomic E-state index is 9.05. The van der Waals surface area contributed by atoms with Gasteiger partial charge in [-0.2, -0.15) is 5.26 Å². The summed E-state index contributed by atoms with van der Waals surface area (Å²) in [5.41, 5.74) is 1.14. The number of anilines is 1. The predicted octanol–water partition coefficient (Wildman–Crippen LogP) is 2.79. The van der Waals surface area contributed by atoms with Crippen LogP contribution in [0.2, 0.25) is 0 Å². The van der Waals surface area contributed by atoms with Crippen LogP contribution in [0.15, 0.2) is 18.2 Å². The average molecular weight is 248 g/mol. The first-order chi connectivity index (χ1) is 8.48. The van der Waals surface area contributed by atoms with E-state index in [0.29, 0.717) is 24.5 Å². The SMILES string of the molecule is COc1cccc(C#N)c1NCCOC(C)(C)C. The van der Waals surface area contributed by atoms with E-state index in [-0.39, 0.29) is 5.60 Å². The van der Waals surface area contributed by atoms with Crippen LogP contribution in [0.25, 0.3) is 0 Å². The molecule has 4 nitrogen and oxygen atoms in total. The van der Waals surface area contributed by atoms with E-state index in [1.165, 1.54) is 0 Å². The van der Waals surface area contributed by atoms with Crippen molar-refractivity contribution in [3.63, 3.8) is 0 Å². The Hall–Kier alpha value is -1.73. The molecule has 0 aliphatic carbocycles. The van der Waals surface area contributed by atoms with Crippen molar-refractivity contribution in [3.8, 4) is 11.8 Å². The van der Waals surface area contributed by atoms with Gasteiger partial charge >= 0.3 is 0 Å². The Labute approximate surface area is 109 Å². The smallest absolute Gasteiger partial charge is 0.143 e. The first-order valence-corrected chi connectivity index (χ1v) is 5.93. The summed E-state index contributed by atoms with van der Waals surface area (Å²) in [5, 5.41) is 12.2. The predicted molar refractivity (Wildman–Crippen MR) is 71.9 cm³/mol. The Bertz CT molecular complexity index is 430. The lowest BCUT2D eigenvalue weighted by Gasteiger charge is -2.20. The first kappa shape index (κ1) is 14.3. The van der Waals surface area contributed by atoms with Crippen LogP contribution in [0.4, 0.5) is 5.69 Å². The van der Waals surface area contributed by atoms with E-state index in [4.69, 9.17) is 14.7 Å². The molecule has 0 aromatic heterocycles. The zero-order valence-corrected chi connectivity index (χ0v) is 11.4. The van der Waals surface area contributed by atoms with Gasteiger partial charge in [0.2, 0.25) is 0 Å². The standard InChI is InChI=1S/C14H20N2O2/c1-14(2,3)18-9-8-16-13-11(10-15)6-5-7-12(13)17-4/h5-7,16H,8-9H2,1-4H3. The van der Waals surface area contributed by atoms with Crippen LogP contribution in [-0.2, 0) is 4.74 Å². The maximum atomic E-state index is 9.05. The van der Waals surface area contributed by atoms with Gasteiger partial charge in [0.25, 0.3) is 0 Å². The minimum atomic E-state index is -0.152. The van der Waals surface area contributed by atoms with Crippen molar-refractivity contribution >= 4 is 5.69 Å². The van der Waals surface area contributed by atoms with Crippen LogP contribution in [-0.4, -0.2) is 25.9 Å². The molecular formula is C14H20N2O2. The van der Waals surface area contributed by atoms with Crippen LogP contribution < -0.4 is 10.1 Å². The number of methoxy groups -OCH3 is 1. The minimum absolute atomic E-state index is 0.152. The Kier molecular flexibility index (Phi) is 4.99. The lowest BCUT2D eigenvalue weighted by Crippen LogP contribution is -2.23. The number of benzene rings is 1. The highest BCUT2D eigenvalue weighted by Gasteiger charge is 2.11.